The first-order chi connectivity index (χ1) is 9.54. The normalized spacial score (nSPS) is 9.80. The van der Waals surface area contributed by atoms with Crippen LogP contribution < -0.4 is 22.1 Å². The van der Waals surface area contributed by atoms with Crippen LogP contribution in [0.2, 0.25) is 0 Å². The van der Waals surface area contributed by atoms with E-state index in [-0.39, 0.29) is 5.91 Å². The summed E-state index contributed by atoms with van der Waals surface area (Å²) in [4.78, 5) is 22.8. The highest BCUT2D eigenvalue weighted by Gasteiger charge is 2.06. The lowest BCUT2D eigenvalue weighted by molar-refractivity contribution is 0.102. The molecule has 0 spiro atoms. The predicted molar refractivity (Wildman–Crippen MR) is 78.5 cm³/mol. The van der Waals surface area contributed by atoms with Gasteiger partial charge in [-0.25, -0.2) is 4.79 Å². The van der Waals surface area contributed by atoms with Gasteiger partial charge in [0.2, 0.25) is 0 Å². The molecule has 0 aliphatic carbocycles. The van der Waals surface area contributed by atoms with E-state index in [9.17, 15) is 9.59 Å². The Morgan fingerprint density at radius 1 is 0.900 bits per heavy atom. The fourth-order valence-electron chi connectivity index (χ4n) is 1.65. The van der Waals surface area contributed by atoms with Crippen LogP contribution in [0, 0.1) is 0 Å². The highest BCUT2D eigenvalue weighted by molar-refractivity contribution is 6.04. The van der Waals surface area contributed by atoms with Crippen LogP contribution in [0.25, 0.3) is 0 Å². The van der Waals surface area contributed by atoms with Gasteiger partial charge in [0, 0.05) is 22.6 Å². The molecule has 20 heavy (non-hydrogen) atoms. The summed E-state index contributed by atoms with van der Waals surface area (Å²) in [7, 11) is 0. The standard InChI is InChI=1S/C14H14N4O2/c15-10-6-4-9(5-7-10)13(19)17-11-2-1-3-12(8-11)18-14(16)20/h1-8H,15H2,(H,17,19)(H3,16,18,20). The molecule has 0 heterocycles. The Labute approximate surface area is 115 Å². The highest BCUT2D eigenvalue weighted by Crippen LogP contribution is 2.16. The quantitative estimate of drug-likeness (QED) is 0.640. The lowest BCUT2D eigenvalue weighted by Gasteiger charge is -2.08. The Morgan fingerprint density at radius 3 is 2.10 bits per heavy atom. The third-order valence-corrected chi connectivity index (χ3v) is 2.56. The number of hydrogen-bond donors (Lipinski definition) is 4. The van der Waals surface area contributed by atoms with Crippen LogP contribution in [0.4, 0.5) is 21.9 Å². The molecule has 0 saturated heterocycles. The lowest BCUT2D eigenvalue weighted by Crippen LogP contribution is -2.19. The van der Waals surface area contributed by atoms with Gasteiger partial charge in [0.15, 0.2) is 0 Å². The Hall–Kier alpha value is -3.02. The van der Waals surface area contributed by atoms with Crippen molar-refractivity contribution in [3.63, 3.8) is 0 Å². The van der Waals surface area contributed by atoms with Gasteiger partial charge in [0.1, 0.15) is 0 Å². The average Bonchev–Trinajstić information content (AvgIpc) is 2.39. The number of primary amides is 1. The molecular formula is C14H14N4O2. The zero-order chi connectivity index (χ0) is 14.5. The molecule has 0 fully saturated rings. The van der Waals surface area contributed by atoms with Crippen molar-refractivity contribution in [1.29, 1.82) is 0 Å². The van der Waals surface area contributed by atoms with Gasteiger partial charge in [-0.2, -0.15) is 0 Å². The number of rotatable bonds is 3. The van der Waals surface area contributed by atoms with Crippen LogP contribution in [0.15, 0.2) is 48.5 Å². The highest BCUT2D eigenvalue weighted by atomic mass is 16.2. The Morgan fingerprint density at radius 2 is 1.50 bits per heavy atom. The number of carbonyl (C=O) groups is 2. The van der Waals surface area contributed by atoms with E-state index in [2.05, 4.69) is 10.6 Å². The third-order valence-electron chi connectivity index (χ3n) is 2.56. The smallest absolute Gasteiger partial charge is 0.316 e. The molecule has 2 aromatic rings. The monoisotopic (exact) mass is 270 g/mol. The molecule has 6 N–H and O–H groups in total. The first-order valence-corrected chi connectivity index (χ1v) is 5.88. The summed E-state index contributed by atoms with van der Waals surface area (Å²) in [6.07, 6.45) is 0. The van der Waals surface area contributed by atoms with Crippen molar-refractivity contribution in [3.8, 4) is 0 Å². The van der Waals surface area contributed by atoms with Gasteiger partial charge in [-0.1, -0.05) is 6.07 Å². The first kappa shape index (κ1) is 13.4. The van der Waals surface area contributed by atoms with Crippen LogP contribution >= 0.6 is 0 Å². The zero-order valence-electron chi connectivity index (χ0n) is 10.6. The topological polar surface area (TPSA) is 110 Å². The maximum atomic E-state index is 12.0. The molecule has 0 unspecified atom stereocenters. The molecule has 3 amide bonds. The maximum Gasteiger partial charge on any atom is 0.316 e. The minimum absolute atomic E-state index is 0.263. The predicted octanol–water partition coefficient (Wildman–Crippen LogP) is 2.01. The number of anilines is 3. The van der Waals surface area contributed by atoms with Crippen molar-refractivity contribution in [3.05, 3.63) is 54.1 Å². The molecule has 102 valence electrons. The van der Waals surface area contributed by atoms with E-state index >= 15 is 0 Å². The van der Waals surface area contributed by atoms with E-state index in [0.717, 1.165) is 0 Å². The minimum atomic E-state index is -0.660. The Kier molecular flexibility index (Phi) is 3.85. The van der Waals surface area contributed by atoms with Crippen LogP contribution in [0.5, 0.6) is 0 Å². The van der Waals surface area contributed by atoms with E-state index in [4.69, 9.17) is 11.5 Å². The van der Waals surface area contributed by atoms with Gasteiger partial charge in [0.05, 0.1) is 0 Å². The summed E-state index contributed by atoms with van der Waals surface area (Å²) >= 11 is 0. The summed E-state index contributed by atoms with van der Waals surface area (Å²) < 4.78 is 0. The van der Waals surface area contributed by atoms with Gasteiger partial charge < -0.3 is 22.1 Å². The molecular weight excluding hydrogens is 256 g/mol. The fraction of sp³-hybridized carbons (Fsp3) is 0. The number of nitrogen functional groups attached to an aromatic ring is 1. The largest absolute Gasteiger partial charge is 0.399 e. The van der Waals surface area contributed by atoms with Crippen molar-refractivity contribution in [2.24, 2.45) is 5.73 Å². The second-order valence-corrected chi connectivity index (χ2v) is 4.15. The molecule has 2 aromatic carbocycles. The molecule has 0 aliphatic heterocycles. The molecule has 0 aliphatic rings. The van der Waals surface area contributed by atoms with Crippen LogP contribution in [-0.2, 0) is 0 Å². The van der Waals surface area contributed by atoms with Crippen LogP contribution in [0.3, 0.4) is 0 Å². The molecule has 0 aromatic heterocycles. The average molecular weight is 270 g/mol. The molecule has 6 heteroatoms. The Balaban J connectivity index is 2.11. The van der Waals surface area contributed by atoms with E-state index in [0.29, 0.717) is 22.6 Å². The number of amides is 3. The molecule has 0 saturated carbocycles. The summed E-state index contributed by atoms with van der Waals surface area (Å²) in [5, 5.41) is 5.16. The first-order valence-electron chi connectivity index (χ1n) is 5.88. The molecule has 0 atom stereocenters. The second kappa shape index (κ2) is 5.75. The fourth-order valence-corrected chi connectivity index (χ4v) is 1.65. The van der Waals surface area contributed by atoms with Gasteiger partial charge in [-0.15, -0.1) is 0 Å². The number of benzene rings is 2. The summed E-state index contributed by atoms with van der Waals surface area (Å²) in [5.74, 6) is -0.263. The van der Waals surface area contributed by atoms with Crippen molar-refractivity contribution < 1.29 is 9.59 Å². The summed E-state index contributed by atoms with van der Waals surface area (Å²) in [6.45, 7) is 0. The van der Waals surface area contributed by atoms with Crippen LogP contribution in [-0.4, -0.2) is 11.9 Å². The molecule has 6 nitrogen and oxygen atoms in total. The maximum absolute atomic E-state index is 12.0. The second-order valence-electron chi connectivity index (χ2n) is 4.15. The van der Waals surface area contributed by atoms with E-state index < -0.39 is 6.03 Å². The number of carbonyl (C=O) groups excluding carboxylic acids is 2. The van der Waals surface area contributed by atoms with Crippen LogP contribution in [0.1, 0.15) is 10.4 Å². The number of urea groups is 1. The molecule has 0 bridgehead atoms. The van der Waals surface area contributed by atoms with Crippen molar-refractivity contribution in [2.45, 2.75) is 0 Å². The molecule has 0 radical (unpaired) electrons. The van der Waals surface area contributed by atoms with Crippen molar-refractivity contribution in [2.75, 3.05) is 16.4 Å². The summed E-state index contributed by atoms with van der Waals surface area (Å²) in [6, 6.07) is 12.6. The molecule has 2 rings (SSSR count). The summed E-state index contributed by atoms with van der Waals surface area (Å²) in [5.41, 5.74) is 12.7. The van der Waals surface area contributed by atoms with E-state index in [1.807, 2.05) is 0 Å². The number of nitrogens with one attached hydrogen (secondary N) is 2. The van der Waals surface area contributed by atoms with Gasteiger partial charge >= 0.3 is 6.03 Å². The van der Waals surface area contributed by atoms with Gasteiger partial charge in [-0.3, -0.25) is 4.79 Å². The third kappa shape index (κ3) is 3.49. The SMILES string of the molecule is NC(=O)Nc1cccc(NC(=O)c2ccc(N)cc2)c1. The number of nitrogens with two attached hydrogens (primary N) is 2. The lowest BCUT2D eigenvalue weighted by atomic mass is 10.2. The minimum Gasteiger partial charge on any atom is -0.399 e. The van der Waals surface area contributed by atoms with Crippen molar-refractivity contribution >= 4 is 29.0 Å². The Bertz CT molecular complexity index is 638. The van der Waals surface area contributed by atoms with Crippen molar-refractivity contribution in [1.82, 2.24) is 0 Å². The zero-order valence-corrected chi connectivity index (χ0v) is 10.6. The van der Waals surface area contributed by atoms with E-state index in [1.165, 1.54) is 0 Å². The van der Waals surface area contributed by atoms with E-state index in [1.54, 1.807) is 48.5 Å². The van der Waals surface area contributed by atoms with Gasteiger partial charge in [0.25, 0.3) is 5.91 Å². The van der Waals surface area contributed by atoms with Gasteiger partial charge in [-0.05, 0) is 42.5 Å². The number of hydrogen-bond acceptors (Lipinski definition) is 3.